The van der Waals surface area contributed by atoms with E-state index in [9.17, 15) is 14.0 Å². The second kappa shape index (κ2) is 9.03. The van der Waals surface area contributed by atoms with Gasteiger partial charge in [-0.2, -0.15) is 0 Å². The number of halogens is 2. The fourth-order valence-corrected chi connectivity index (χ4v) is 4.74. The molecule has 0 aromatic heterocycles. The van der Waals surface area contributed by atoms with E-state index >= 15 is 4.39 Å². The van der Waals surface area contributed by atoms with E-state index < -0.39 is 23.8 Å². The van der Waals surface area contributed by atoms with Crippen molar-refractivity contribution < 1.29 is 18.4 Å². The standard InChI is InChI=1S/C23H21F2N3O2S/c24-16-8-6-15(7-9-16)11-28-12-17(23(30)27-10-14-4-2-1-3-5-14)19(25)22-20(28)21(29)18(26)13-31-22/h1-9,12,18,20H,10-11,13,26H2,(H,27,30)/t18-,20?/m0/s1. The van der Waals surface area contributed by atoms with E-state index in [0.29, 0.717) is 0 Å². The van der Waals surface area contributed by atoms with Gasteiger partial charge in [0.2, 0.25) is 0 Å². The Kier molecular flexibility index (Phi) is 6.20. The molecule has 2 heterocycles. The molecule has 4 rings (SSSR count). The van der Waals surface area contributed by atoms with E-state index in [1.165, 1.54) is 18.3 Å². The van der Waals surface area contributed by atoms with Crippen molar-refractivity contribution in [3.05, 3.63) is 94.0 Å². The smallest absolute Gasteiger partial charge is 0.256 e. The number of Topliss-reactive ketones (excluding diaryl/α,β-unsaturated/α-hetero) is 1. The van der Waals surface area contributed by atoms with Crippen molar-refractivity contribution in [3.8, 4) is 0 Å². The average Bonchev–Trinajstić information content (AvgIpc) is 2.78. The van der Waals surface area contributed by atoms with Crippen molar-refractivity contribution >= 4 is 23.5 Å². The molecule has 1 saturated heterocycles. The highest BCUT2D eigenvalue weighted by Crippen LogP contribution is 2.40. The molecule has 8 heteroatoms. The fourth-order valence-electron chi connectivity index (χ4n) is 3.57. The second-order valence-electron chi connectivity index (χ2n) is 7.41. The third-order valence-electron chi connectivity index (χ3n) is 5.20. The highest BCUT2D eigenvalue weighted by atomic mass is 32.2. The van der Waals surface area contributed by atoms with Gasteiger partial charge in [0.1, 0.15) is 17.7 Å². The Balaban J connectivity index is 1.62. The van der Waals surface area contributed by atoms with Gasteiger partial charge in [0.15, 0.2) is 5.78 Å². The maximum atomic E-state index is 15.3. The molecule has 0 saturated carbocycles. The highest BCUT2D eigenvalue weighted by Gasteiger charge is 2.42. The van der Waals surface area contributed by atoms with Crippen LogP contribution in [0.2, 0.25) is 0 Å². The largest absolute Gasteiger partial charge is 0.358 e. The van der Waals surface area contributed by atoms with E-state index in [1.807, 2.05) is 30.3 Å². The third-order valence-corrected chi connectivity index (χ3v) is 6.44. The van der Waals surface area contributed by atoms with Crippen molar-refractivity contribution in [2.45, 2.75) is 25.2 Å². The number of amides is 1. The lowest BCUT2D eigenvalue weighted by Crippen LogP contribution is -2.52. The number of thioether (sulfide) groups is 1. The van der Waals surface area contributed by atoms with Gasteiger partial charge in [-0.3, -0.25) is 9.59 Å². The Labute approximate surface area is 183 Å². The molecule has 160 valence electrons. The van der Waals surface area contributed by atoms with Crippen LogP contribution in [0.25, 0.3) is 0 Å². The number of nitrogens with zero attached hydrogens (tertiary/aromatic N) is 1. The zero-order valence-corrected chi connectivity index (χ0v) is 17.4. The fraction of sp³-hybridized carbons (Fsp3) is 0.217. The summed E-state index contributed by atoms with van der Waals surface area (Å²) in [5.41, 5.74) is 7.39. The highest BCUT2D eigenvalue weighted by molar-refractivity contribution is 8.03. The number of nitrogens with one attached hydrogen (secondary N) is 1. The number of hydrogen-bond acceptors (Lipinski definition) is 5. The number of fused-ring (bicyclic) bond motifs is 1. The van der Waals surface area contributed by atoms with E-state index in [4.69, 9.17) is 5.73 Å². The van der Waals surface area contributed by atoms with Gasteiger partial charge in [-0.1, -0.05) is 42.5 Å². The van der Waals surface area contributed by atoms with Crippen LogP contribution in [-0.2, 0) is 22.7 Å². The van der Waals surface area contributed by atoms with Gasteiger partial charge in [-0.25, -0.2) is 8.78 Å². The topological polar surface area (TPSA) is 75.4 Å². The summed E-state index contributed by atoms with van der Waals surface area (Å²) in [5, 5.41) is 2.73. The lowest BCUT2D eigenvalue weighted by Gasteiger charge is -2.39. The summed E-state index contributed by atoms with van der Waals surface area (Å²) in [4.78, 5) is 27.4. The van der Waals surface area contributed by atoms with Gasteiger partial charge in [0.05, 0.1) is 16.5 Å². The van der Waals surface area contributed by atoms with E-state index in [2.05, 4.69) is 5.32 Å². The van der Waals surface area contributed by atoms with Crippen LogP contribution in [0.15, 0.2) is 77.1 Å². The lowest BCUT2D eigenvalue weighted by atomic mass is 9.98. The molecule has 5 nitrogen and oxygen atoms in total. The molecule has 2 aliphatic rings. The van der Waals surface area contributed by atoms with Crippen molar-refractivity contribution in [2.24, 2.45) is 5.73 Å². The number of ketones is 1. The van der Waals surface area contributed by atoms with Crippen LogP contribution in [0.3, 0.4) is 0 Å². The van der Waals surface area contributed by atoms with Gasteiger partial charge < -0.3 is 16.0 Å². The normalized spacial score (nSPS) is 20.9. The number of nitrogens with two attached hydrogens (primary N) is 1. The molecule has 31 heavy (non-hydrogen) atoms. The van der Waals surface area contributed by atoms with Crippen LogP contribution in [0.5, 0.6) is 0 Å². The Bertz CT molecular complexity index is 1050. The van der Waals surface area contributed by atoms with Crippen molar-refractivity contribution in [3.63, 3.8) is 0 Å². The van der Waals surface area contributed by atoms with Gasteiger partial charge >= 0.3 is 0 Å². The summed E-state index contributed by atoms with van der Waals surface area (Å²) in [6.45, 7) is 0.453. The summed E-state index contributed by atoms with van der Waals surface area (Å²) in [5.74, 6) is -1.69. The number of carbonyl (C=O) groups is 2. The van der Waals surface area contributed by atoms with Gasteiger partial charge in [0, 0.05) is 25.0 Å². The minimum Gasteiger partial charge on any atom is -0.358 e. The first-order valence-corrected chi connectivity index (χ1v) is 10.8. The number of carbonyl (C=O) groups excluding carboxylic acids is 2. The molecule has 2 aliphatic heterocycles. The average molecular weight is 442 g/mol. The summed E-state index contributed by atoms with van der Waals surface area (Å²) >= 11 is 1.16. The molecular weight excluding hydrogens is 420 g/mol. The van der Waals surface area contributed by atoms with Crippen molar-refractivity contribution in [1.82, 2.24) is 10.2 Å². The molecule has 2 aromatic rings. The monoisotopic (exact) mass is 441 g/mol. The molecule has 0 aliphatic carbocycles. The number of hydrogen-bond donors (Lipinski definition) is 2. The molecule has 0 radical (unpaired) electrons. The van der Waals surface area contributed by atoms with Crippen LogP contribution < -0.4 is 11.1 Å². The molecular formula is C23H21F2N3O2S. The summed E-state index contributed by atoms with van der Waals surface area (Å²) in [7, 11) is 0. The molecule has 0 bridgehead atoms. The molecule has 2 atom stereocenters. The first-order chi connectivity index (χ1) is 14.9. The van der Waals surface area contributed by atoms with E-state index in [1.54, 1.807) is 17.0 Å². The Morgan fingerprint density at radius 3 is 2.52 bits per heavy atom. The van der Waals surface area contributed by atoms with Gasteiger partial charge in [-0.15, -0.1) is 11.8 Å². The number of benzene rings is 2. The van der Waals surface area contributed by atoms with Crippen molar-refractivity contribution in [2.75, 3.05) is 5.75 Å². The summed E-state index contributed by atoms with van der Waals surface area (Å²) < 4.78 is 28.6. The molecule has 0 spiro atoms. The first-order valence-electron chi connectivity index (χ1n) is 9.80. The minimum atomic E-state index is -0.899. The molecule has 1 fully saturated rings. The predicted octanol–water partition coefficient (Wildman–Crippen LogP) is 3.03. The Morgan fingerprint density at radius 2 is 1.81 bits per heavy atom. The molecule has 2 aromatic carbocycles. The predicted molar refractivity (Wildman–Crippen MR) is 116 cm³/mol. The maximum Gasteiger partial charge on any atom is 0.256 e. The third kappa shape index (κ3) is 4.55. The molecule has 1 unspecified atom stereocenters. The maximum absolute atomic E-state index is 15.3. The quantitative estimate of drug-likeness (QED) is 0.746. The zero-order valence-electron chi connectivity index (χ0n) is 16.6. The Morgan fingerprint density at radius 1 is 1.10 bits per heavy atom. The van der Waals surface area contributed by atoms with Crippen LogP contribution in [0.1, 0.15) is 11.1 Å². The summed E-state index contributed by atoms with van der Waals surface area (Å²) in [6, 6.07) is 13.5. The molecule has 1 amide bonds. The Hall–Kier alpha value is -2.97. The van der Waals surface area contributed by atoms with Crippen LogP contribution in [-0.4, -0.2) is 34.4 Å². The van der Waals surface area contributed by atoms with E-state index in [0.717, 1.165) is 22.9 Å². The zero-order chi connectivity index (χ0) is 22.0. The first kappa shape index (κ1) is 21.3. The molecule has 3 N–H and O–H groups in total. The lowest BCUT2D eigenvalue weighted by molar-refractivity contribution is -0.124. The van der Waals surface area contributed by atoms with Gasteiger partial charge in [0.25, 0.3) is 5.91 Å². The minimum absolute atomic E-state index is 0.139. The van der Waals surface area contributed by atoms with Crippen molar-refractivity contribution in [1.29, 1.82) is 0 Å². The summed E-state index contributed by atoms with van der Waals surface area (Å²) in [6.07, 6.45) is 1.36. The van der Waals surface area contributed by atoms with Gasteiger partial charge in [-0.05, 0) is 23.3 Å². The number of rotatable bonds is 5. The van der Waals surface area contributed by atoms with Crippen LogP contribution in [0, 0.1) is 5.82 Å². The van der Waals surface area contributed by atoms with Crippen LogP contribution >= 0.6 is 11.8 Å². The van der Waals surface area contributed by atoms with Crippen LogP contribution in [0.4, 0.5) is 8.78 Å². The second-order valence-corrected chi connectivity index (χ2v) is 8.47. The SMILES string of the molecule is N[C@H]1CSC2=C(F)C(C(=O)NCc3ccccc3)=CN(Cc3ccc(F)cc3)C2C1=O. The van der Waals surface area contributed by atoms with E-state index in [-0.39, 0.29) is 40.9 Å².